The van der Waals surface area contributed by atoms with Crippen molar-refractivity contribution < 1.29 is 19.4 Å². The van der Waals surface area contributed by atoms with E-state index < -0.39 is 23.1 Å². The van der Waals surface area contributed by atoms with Crippen molar-refractivity contribution in [1.29, 1.82) is 0 Å². The number of hydrogen-bond acceptors (Lipinski definition) is 2. The Morgan fingerprint density at radius 3 is 2.50 bits per heavy atom. The third-order valence-electron chi connectivity index (χ3n) is 3.41. The first-order chi connectivity index (χ1) is 7.35. The van der Waals surface area contributed by atoms with Gasteiger partial charge in [-0.15, -0.1) is 0 Å². The topological polar surface area (TPSA) is 57.5 Å². The van der Waals surface area contributed by atoms with Crippen LogP contribution in [0.5, 0.6) is 5.75 Å². The van der Waals surface area contributed by atoms with Crippen molar-refractivity contribution in [2.24, 2.45) is 11.3 Å². The molecule has 1 aliphatic carbocycles. The molecule has 2 N–H and O–H groups in total. The van der Waals surface area contributed by atoms with Crippen molar-refractivity contribution in [2.75, 3.05) is 0 Å². The van der Waals surface area contributed by atoms with E-state index in [2.05, 4.69) is 0 Å². The van der Waals surface area contributed by atoms with Crippen LogP contribution < -0.4 is 0 Å². The molecule has 86 valence electrons. The number of aliphatic carboxylic acids is 1. The molecule has 0 bridgehead atoms. The third-order valence-corrected chi connectivity index (χ3v) is 3.41. The largest absolute Gasteiger partial charge is 0.508 e. The summed E-state index contributed by atoms with van der Waals surface area (Å²) in [6, 6.07) is 3.86. The molecular formula is C12H13FO3. The zero-order valence-corrected chi connectivity index (χ0v) is 9.07. The Labute approximate surface area is 92.5 Å². The van der Waals surface area contributed by atoms with Gasteiger partial charge < -0.3 is 10.2 Å². The molecular weight excluding hydrogens is 211 g/mol. The fraction of sp³-hybridized carbons (Fsp3) is 0.417. The highest BCUT2D eigenvalue weighted by molar-refractivity contribution is 5.77. The SMILES string of the molecule is CC1(C)[C@H](C(=O)O)[C@H]1c1ccc(O)cc1F. The summed E-state index contributed by atoms with van der Waals surface area (Å²) in [6.07, 6.45) is 0. The highest BCUT2D eigenvalue weighted by Gasteiger charge is 2.63. The fourth-order valence-corrected chi connectivity index (χ4v) is 2.45. The second kappa shape index (κ2) is 3.20. The van der Waals surface area contributed by atoms with Gasteiger partial charge in [-0.2, -0.15) is 0 Å². The molecule has 0 radical (unpaired) electrons. The average molecular weight is 224 g/mol. The first kappa shape index (κ1) is 10.9. The quantitative estimate of drug-likeness (QED) is 0.810. The van der Waals surface area contributed by atoms with Crippen molar-refractivity contribution in [3.63, 3.8) is 0 Å². The normalized spacial score (nSPS) is 26.4. The highest BCUT2D eigenvalue weighted by Crippen LogP contribution is 2.64. The van der Waals surface area contributed by atoms with E-state index in [1.165, 1.54) is 12.1 Å². The van der Waals surface area contributed by atoms with E-state index in [1.54, 1.807) is 0 Å². The lowest BCUT2D eigenvalue weighted by Gasteiger charge is -2.04. The van der Waals surface area contributed by atoms with Gasteiger partial charge in [0, 0.05) is 12.0 Å². The molecule has 1 aromatic carbocycles. The lowest BCUT2D eigenvalue weighted by atomic mass is 10.0. The second-order valence-corrected chi connectivity index (χ2v) is 4.82. The van der Waals surface area contributed by atoms with Gasteiger partial charge in [0.05, 0.1) is 5.92 Å². The summed E-state index contributed by atoms with van der Waals surface area (Å²) in [5.74, 6) is -2.45. The number of rotatable bonds is 2. The van der Waals surface area contributed by atoms with Gasteiger partial charge in [0.15, 0.2) is 0 Å². The molecule has 1 fully saturated rings. The first-order valence-corrected chi connectivity index (χ1v) is 5.07. The molecule has 1 aliphatic rings. The number of carboxylic acid groups (broad SMARTS) is 1. The smallest absolute Gasteiger partial charge is 0.307 e. The summed E-state index contributed by atoms with van der Waals surface area (Å²) in [7, 11) is 0. The minimum Gasteiger partial charge on any atom is -0.508 e. The highest BCUT2D eigenvalue weighted by atomic mass is 19.1. The van der Waals surface area contributed by atoms with Crippen LogP contribution in [-0.4, -0.2) is 16.2 Å². The molecule has 2 rings (SSSR count). The summed E-state index contributed by atoms with van der Waals surface area (Å²) in [5, 5.41) is 18.1. The molecule has 0 aliphatic heterocycles. The minimum atomic E-state index is -0.900. The molecule has 4 heteroatoms. The van der Waals surface area contributed by atoms with Gasteiger partial charge in [-0.1, -0.05) is 19.9 Å². The number of aromatic hydroxyl groups is 1. The maximum absolute atomic E-state index is 13.6. The van der Waals surface area contributed by atoms with Crippen LogP contribution >= 0.6 is 0 Å². The van der Waals surface area contributed by atoms with Crippen LogP contribution in [0, 0.1) is 17.2 Å². The first-order valence-electron chi connectivity index (χ1n) is 5.07. The van der Waals surface area contributed by atoms with Crippen LogP contribution in [0.1, 0.15) is 25.3 Å². The molecule has 1 aromatic rings. The monoisotopic (exact) mass is 224 g/mol. The maximum atomic E-state index is 13.6. The molecule has 3 nitrogen and oxygen atoms in total. The molecule has 0 amide bonds. The van der Waals surface area contributed by atoms with Crippen molar-refractivity contribution in [3.8, 4) is 5.75 Å². The van der Waals surface area contributed by atoms with Crippen LogP contribution in [0.15, 0.2) is 18.2 Å². The predicted molar refractivity (Wildman–Crippen MR) is 55.7 cm³/mol. The Balaban J connectivity index is 2.37. The summed E-state index contributed by atoms with van der Waals surface area (Å²) >= 11 is 0. The van der Waals surface area contributed by atoms with Gasteiger partial charge >= 0.3 is 5.97 Å². The predicted octanol–water partition coefficient (Wildman–Crippen LogP) is 2.36. The summed E-state index contributed by atoms with van der Waals surface area (Å²) in [5.41, 5.74) is -0.0564. The Morgan fingerprint density at radius 1 is 1.44 bits per heavy atom. The molecule has 0 heterocycles. The van der Waals surface area contributed by atoms with Gasteiger partial charge in [0.2, 0.25) is 0 Å². The van der Waals surface area contributed by atoms with Crippen molar-refractivity contribution in [3.05, 3.63) is 29.6 Å². The molecule has 0 unspecified atom stereocenters. The summed E-state index contributed by atoms with van der Waals surface area (Å²) in [6.45, 7) is 3.62. The van der Waals surface area contributed by atoms with E-state index in [4.69, 9.17) is 10.2 Å². The van der Waals surface area contributed by atoms with Crippen LogP contribution in [-0.2, 0) is 4.79 Å². The third kappa shape index (κ3) is 1.45. The van der Waals surface area contributed by atoms with Crippen molar-refractivity contribution in [2.45, 2.75) is 19.8 Å². The number of phenolic OH excluding ortho intramolecular Hbond substituents is 1. The summed E-state index contributed by atoms with van der Waals surface area (Å²) < 4.78 is 13.6. The number of halogens is 1. The Hall–Kier alpha value is -1.58. The van der Waals surface area contributed by atoms with E-state index in [0.717, 1.165) is 6.07 Å². The van der Waals surface area contributed by atoms with Crippen molar-refractivity contribution in [1.82, 2.24) is 0 Å². The van der Waals surface area contributed by atoms with Crippen molar-refractivity contribution >= 4 is 5.97 Å². The van der Waals surface area contributed by atoms with Gasteiger partial charge in [-0.3, -0.25) is 4.79 Å². The molecule has 16 heavy (non-hydrogen) atoms. The van der Waals surface area contributed by atoms with E-state index in [9.17, 15) is 9.18 Å². The number of carboxylic acids is 1. The maximum Gasteiger partial charge on any atom is 0.307 e. The van der Waals surface area contributed by atoms with Crippen LogP contribution in [0.25, 0.3) is 0 Å². The molecule has 0 saturated heterocycles. The molecule has 0 spiro atoms. The summed E-state index contributed by atoms with van der Waals surface area (Å²) in [4.78, 5) is 11.0. The average Bonchev–Trinajstić information content (AvgIpc) is 2.69. The van der Waals surface area contributed by atoms with Gasteiger partial charge in [0.25, 0.3) is 0 Å². The molecule has 0 aromatic heterocycles. The standard InChI is InChI=1S/C12H13FO3/c1-12(2)9(10(12)11(15)16)7-4-3-6(14)5-8(7)13/h3-5,9-10,14H,1-2H3,(H,15,16)/t9-,10+/m1/s1. The minimum absolute atomic E-state index is 0.147. The van der Waals surface area contributed by atoms with E-state index in [1.807, 2.05) is 13.8 Å². The van der Waals surface area contributed by atoms with Gasteiger partial charge in [-0.25, -0.2) is 4.39 Å². The van der Waals surface area contributed by atoms with E-state index in [0.29, 0.717) is 5.56 Å². The van der Waals surface area contributed by atoms with E-state index >= 15 is 0 Å². The molecule has 2 atom stereocenters. The van der Waals surface area contributed by atoms with Crippen LogP contribution in [0.2, 0.25) is 0 Å². The number of hydrogen-bond donors (Lipinski definition) is 2. The van der Waals surface area contributed by atoms with Crippen LogP contribution in [0.4, 0.5) is 4.39 Å². The number of benzene rings is 1. The lowest BCUT2D eigenvalue weighted by molar-refractivity contribution is -0.139. The Kier molecular flexibility index (Phi) is 2.19. The van der Waals surface area contributed by atoms with Gasteiger partial charge in [0.1, 0.15) is 11.6 Å². The molecule has 1 saturated carbocycles. The Bertz CT molecular complexity index is 454. The zero-order valence-electron chi connectivity index (χ0n) is 9.07. The van der Waals surface area contributed by atoms with Gasteiger partial charge in [-0.05, 0) is 17.0 Å². The zero-order chi connectivity index (χ0) is 12.1. The fourth-order valence-electron chi connectivity index (χ4n) is 2.45. The lowest BCUT2D eigenvalue weighted by Crippen LogP contribution is -2.03. The number of carbonyl (C=O) groups is 1. The second-order valence-electron chi connectivity index (χ2n) is 4.82. The number of phenols is 1. The van der Waals surface area contributed by atoms with Crippen LogP contribution in [0.3, 0.4) is 0 Å². The Morgan fingerprint density at radius 2 is 2.06 bits per heavy atom. The van der Waals surface area contributed by atoms with E-state index in [-0.39, 0.29) is 11.7 Å².